The molecule has 100 valence electrons. The van der Waals surface area contributed by atoms with Crippen LogP contribution in [0.2, 0.25) is 0 Å². The fourth-order valence-corrected chi connectivity index (χ4v) is 1.48. The van der Waals surface area contributed by atoms with Gasteiger partial charge in [-0.1, -0.05) is 19.9 Å². The molecule has 1 aromatic rings. The van der Waals surface area contributed by atoms with E-state index in [0.717, 1.165) is 0 Å². The van der Waals surface area contributed by atoms with E-state index in [-0.39, 0.29) is 11.3 Å². The number of carbonyl (C=O) groups is 1. The number of aromatic carboxylic acids is 1. The number of hydrogen-bond acceptors (Lipinski definition) is 4. The molecular weight excluding hydrogens is 232 g/mol. The highest BCUT2D eigenvalue weighted by Crippen LogP contribution is 2.22. The number of benzene rings is 1. The van der Waals surface area contributed by atoms with Crippen molar-refractivity contribution < 1.29 is 14.6 Å². The van der Waals surface area contributed by atoms with Gasteiger partial charge < -0.3 is 20.9 Å². The van der Waals surface area contributed by atoms with E-state index >= 15 is 0 Å². The van der Waals surface area contributed by atoms with Crippen LogP contribution in [0.15, 0.2) is 18.2 Å². The first-order valence-electron chi connectivity index (χ1n) is 5.95. The molecule has 0 saturated carbocycles. The number of carboxylic acid groups (broad SMARTS) is 1. The highest BCUT2D eigenvalue weighted by atomic mass is 16.5. The summed E-state index contributed by atoms with van der Waals surface area (Å²) in [6, 6.07) is 4.90. The summed E-state index contributed by atoms with van der Waals surface area (Å²) in [5.41, 5.74) is 6.76. The van der Waals surface area contributed by atoms with Gasteiger partial charge in [-0.2, -0.15) is 0 Å². The lowest BCUT2D eigenvalue weighted by atomic mass is 10.1. The summed E-state index contributed by atoms with van der Waals surface area (Å²) in [5, 5.41) is 12.0. The molecule has 0 aliphatic heterocycles. The largest absolute Gasteiger partial charge is 0.478 e. The number of para-hydroxylation sites is 1. The summed E-state index contributed by atoms with van der Waals surface area (Å²) in [5.74, 6) is -0.516. The highest BCUT2D eigenvalue weighted by molar-refractivity contribution is 5.97. The lowest BCUT2D eigenvalue weighted by Crippen LogP contribution is -2.14. The third-order valence-corrected chi connectivity index (χ3v) is 2.35. The number of ether oxygens (including phenoxy) is 1. The highest BCUT2D eigenvalue weighted by Gasteiger charge is 2.10. The average Bonchev–Trinajstić information content (AvgIpc) is 2.30. The van der Waals surface area contributed by atoms with E-state index in [1.807, 2.05) is 0 Å². The molecule has 18 heavy (non-hydrogen) atoms. The molecule has 4 N–H and O–H groups in total. The van der Waals surface area contributed by atoms with E-state index in [9.17, 15) is 4.79 Å². The molecule has 0 amide bonds. The van der Waals surface area contributed by atoms with E-state index in [2.05, 4.69) is 19.2 Å². The molecule has 0 aromatic heterocycles. The first-order valence-corrected chi connectivity index (χ1v) is 5.95. The zero-order chi connectivity index (χ0) is 13.5. The zero-order valence-corrected chi connectivity index (χ0v) is 10.8. The predicted octanol–water partition coefficient (Wildman–Crippen LogP) is 2.05. The molecule has 0 radical (unpaired) electrons. The van der Waals surface area contributed by atoms with E-state index in [1.54, 1.807) is 12.1 Å². The van der Waals surface area contributed by atoms with Crippen molar-refractivity contribution in [2.75, 3.05) is 30.8 Å². The van der Waals surface area contributed by atoms with Crippen LogP contribution in [0.1, 0.15) is 24.2 Å². The minimum Gasteiger partial charge on any atom is -0.478 e. The van der Waals surface area contributed by atoms with Crippen molar-refractivity contribution >= 4 is 17.3 Å². The van der Waals surface area contributed by atoms with Gasteiger partial charge in [0.2, 0.25) is 0 Å². The molecule has 0 spiro atoms. The van der Waals surface area contributed by atoms with E-state index < -0.39 is 5.97 Å². The summed E-state index contributed by atoms with van der Waals surface area (Å²) < 4.78 is 5.41. The molecule has 0 atom stereocenters. The van der Waals surface area contributed by atoms with Crippen molar-refractivity contribution in [2.24, 2.45) is 5.92 Å². The zero-order valence-electron chi connectivity index (χ0n) is 10.8. The minimum absolute atomic E-state index is 0.114. The lowest BCUT2D eigenvalue weighted by Gasteiger charge is -2.12. The van der Waals surface area contributed by atoms with Gasteiger partial charge in [0.25, 0.3) is 0 Å². The number of anilines is 2. The molecular formula is C13H20N2O3. The van der Waals surface area contributed by atoms with Crippen LogP contribution in [0, 0.1) is 5.92 Å². The molecule has 0 unspecified atom stereocenters. The van der Waals surface area contributed by atoms with Crippen molar-refractivity contribution in [1.82, 2.24) is 0 Å². The van der Waals surface area contributed by atoms with Gasteiger partial charge in [0.05, 0.1) is 23.5 Å². The van der Waals surface area contributed by atoms with Crippen LogP contribution in [0.25, 0.3) is 0 Å². The number of nitrogens with one attached hydrogen (secondary N) is 1. The van der Waals surface area contributed by atoms with Gasteiger partial charge in [-0.3, -0.25) is 0 Å². The molecule has 0 aliphatic rings. The van der Waals surface area contributed by atoms with Crippen molar-refractivity contribution in [3.63, 3.8) is 0 Å². The Morgan fingerprint density at radius 1 is 1.50 bits per heavy atom. The van der Waals surface area contributed by atoms with Crippen LogP contribution in [-0.4, -0.2) is 30.8 Å². The van der Waals surface area contributed by atoms with E-state index in [1.165, 1.54) is 6.07 Å². The van der Waals surface area contributed by atoms with Crippen LogP contribution in [-0.2, 0) is 4.74 Å². The smallest absolute Gasteiger partial charge is 0.337 e. The van der Waals surface area contributed by atoms with Gasteiger partial charge in [0, 0.05) is 13.2 Å². The maximum atomic E-state index is 10.9. The Morgan fingerprint density at radius 3 is 2.83 bits per heavy atom. The number of hydrogen-bond donors (Lipinski definition) is 3. The number of carboxylic acids is 1. The third kappa shape index (κ3) is 4.25. The van der Waals surface area contributed by atoms with E-state index in [0.29, 0.717) is 31.4 Å². The molecule has 1 aromatic carbocycles. The monoisotopic (exact) mass is 252 g/mol. The molecule has 0 bridgehead atoms. The third-order valence-electron chi connectivity index (χ3n) is 2.35. The van der Waals surface area contributed by atoms with E-state index in [4.69, 9.17) is 15.6 Å². The van der Waals surface area contributed by atoms with Crippen LogP contribution in [0.5, 0.6) is 0 Å². The van der Waals surface area contributed by atoms with Gasteiger partial charge in [-0.25, -0.2) is 4.79 Å². The summed E-state index contributed by atoms with van der Waals surface area (Å²) in [7, 11) is 0. The second kappa shape index (κ2) is 6.86. The maximum absolute atomic E-state index is 10.9. The summed E-state index contributed by atoms with van der Waals surface area (Å²) >= 11 is 0. The Hall–Kier alpha value is -1.75. The first-order chi connectivity index (χ1) is 8.52. The first kappa shape index (κ1) is 14.3. The number of nitrogen functional groups attached to an aromatic ring is 1. The van der Waals surface area contributed by atoms with Crippen LogP contribution >= 0.6 is 0 Å². The standard InChI is InChI=1S/C13H20N2O3/c1-9(2)8-18-7-6-15-11-5-3-4-10(12(11)14)13(16)17/h3-5,9,15H,6-8,14H2,1-2H3,(H,16,17). The fourth-order valence-electron chi connectivity index (χ4n) is 1.48. The minimum atomic E-state index is -1.02. The van der Waals surface area contributed by atoms with Gasteiger partial charge in [0.1, 0.15) is 0 Å². The van der Waals surface area contributed by atoms with Gasteiger partial charge >= 0.3 is 5.97 Å². The molecule has 0 heterocycles. The number of nitrogens with two attached hydrogens (primary N) is 1. The summed E-state index contributed by atoms with van der Waals surface area (Å²) in [4.78, 5) is 10.9. The normalized spacial score (nSPS) is 10.6. The average molecular weight is 252 g/mol. The Labute approximate surface area is 107 Å². The molecule has 5 heteroatoms. The van der Waals surface area contributed by atoms with Gasteiger partial charge in [-0.15, -0.1) is 0 Å². The number of rotatable bonds is 7. The quantitative estimate of drug-likeness (QED) is 0.511. The SMILES string of the molecule is CC(C)COCCNc1cccc(C(=O)O)c1N. The Balaban J connectivity index is 2.48. The predicted molar refractivity (Wildman–Crippen MR) is 72.0 cm³/mol. The van der Waals surface area contributed by atoms with Crippen molar-refractivity contribution in [1.29, 1.82) is 0 Å². The Morgan fingerprint density at radius 2 is 2.22 bits per heavy atom. The summed E-state index contributed by atoms with van der Waals surface area (Å²) in [6.07, 6.45) is 0. The summed E-state index contributed by atoms with van der Waals surface area (Å²) in [6.45, 7) is 6.05. The Bertz CT molecular complexity index is 405. The van der Waals surface area contributed by atoms with Crippen molar-refractivity contribution in [2.45, 2.75) is 13.8 Å². The fraction of sp³-hybridized carbons (Fsp3) is 0.462. The molecule has 0 saturated heterocycles. The maximum Gasteiger partial charge on any atom is 0.337 e. The van der Waals surface area contributed by atoms with Gasteiger partial charge in [0.15, 0.2) is 0 Å². The van der Waals surface area contributed by atoms with Gasteiger partial charge in [-0.05, 0) is 18.1 Å². The molecule has 1 rings (SSSR count). The topological polar surface area (TPSA) is 84.6 Å². The Kier molecular flexibility index (Phi) is 5.45. The second-order valence-corrected chi connectivity index (χ2v) is 4.47. The lowest BCUT2D eigenvalue weighted by molar-refractivity contribution is 0.0698. The molecule has 0 fully saturated rings. The van der Waals surface area contributed by atoms with Crippen LogP contribution in [0.3, 0.4) is 0 Å². The van der Waals surface area contributed by atoms with Crippen LogP contribution in [0.4, 0.5) is 11.4 Å². The molecule has 0 aliphatic carbocycles. The second-order valence-electron chi connectivity index (χ2n) is 4.47. The van der Waals surface area contributed by atoms with Crippen molar-refractivity contribution in [3.8, 4) is 0 Å². The van der Waals surface area contributed by atoms with Crippen molar-refractivity contribution in [3.05, 3.63) is 23.8 Å². The molecule has 5 nitrogen and oxygen atoms in total. The van der Waals surface area contributed by atoms with Crippen LogP contribution < -0.4 is 11.1 Å².